The maximum atomic E-state index is 11.6. The number of aromatic nitrogens is 1. The fourth-order valence-electron chi connectivity index (χ4n) is 1.71. The topological polar surface area (TPSA) is 80.3 Å². The van der Waals surface area contributed by atoms with E-state index in [0.29, 0.717) is 30.5 Å². The molecule has 2 rings (SSSR count). The summed E-state index contributed by atoms with van der Waals surface area (Å²) in [6.07, 6.45) is 2.02. The van der Waals surface area contributed by atoms with Gasteiger partial charge in [-0.1, -0.05) is 0 Å². The zero-order valence-electron chi connectivity index (χ0n) is 11.7. The van der Waals surface area contributed by atoms with Gasteiger partial charge in [0.1, 0.15) is 0 Å². The maximum Gasteiger partial charge on any atom is 0.358 e. The molecule has 20 heavy (non-hydrogen) atoms. The second-order valence-corrected chi connectivity index (χ2v) is 5.84. The Kier molecular flexibility index (Phi) is 4.94. The van der Waals surface area contributed by atoms with E-state index in [-0.39, 0.29) is 11.8 Å². The Bertz CT molecular complexity index is 497. The smallest absolute Gasteiger partial charge is 0.358 e. The molecule has 1 aliphatic carbocycles. The van der Waals surface area contributed by atoms with Crippen LogP contribution in [0.2, 0.25) is 0 Å². The van der Waals surface area contributed by atoms with E-state index in [1.54, 1.807) is 6.92 Å². The molecule has 7 heteroatoms. The van der Waals surface area contributed by atoms with Crippen LogP contribution >= 0.6 is 11.3 Å². The van der Waals surface area contributed by atoms with Crippen molar-refractivity contribution in [1.29, 1.82) is 0 Å². The Morgan fingerprint density at radius 2 is 2.15 bits per heavy atom. The molecule has 2 N–H and O–H groups in total. The van der Waals surface area contributed by atoms with Crippen LogP contribution in [0, 0.1) is 12.8 Å². The molecule has 0 saturated heterocycles. The highest BCUT2D eigenvalue weighted by Gasteiger charge is 2.28. The number of rotatable bonds is 7. The van der Waals surface area contributed by atoms with Gasteiger partial charge >= 0.3 is 5.97 Å². The van der Waals surface area contributed by atoms with E-state index in [2.05, 4.69) is 15.6 Å². The number of anilines is 1. The number of hydrogen-bond acceptors (Lipinski definition) is 6. The number of amides is 1. The highest BCUT2D eigenvalue weighted by molar-refractivity contribution is 7.15. The van der Waals surface area contributed by atoms with Crippen LogP contribution in [0.5, 0.6) is 0 Å². The van der Waals surface area contributed by atoms with Crippen molar-refractivity contribution in [2.45, 2.75) is 26.7 Å². The number of thiazole rings is 1. The summed E-state index contributed by atoms with van der Waals surface area (Å²) in [5, 5.41) is 6.64. The minimum atomic E-state index is -0.392. The minimum absolute atomic E-state index is 0.134. The lowest BCUT2D eigenvalue weighted by molar-refractivity contribution is -0.122. The third kappa shape index (κ3) is 3.93. The Labute approximate surface area is 121 Å². The predicted octanol–water partition coefficient (Wildman–Crippen LogP) is 1.57. The molecule has 0 bridgehead atoms. The normalized spacial score (nSPS) is 13.9. The quantitative estimate of drug-likeness (QED) is 0.590. The summed E-state index contributed by atoms with van der Waals surface area (Å²) >= 11 is 1.41. The van der Waals surface area contributed by atoms with Gasteiger partial charge in [0, 0.05) is 23.9 Å². The number of ether oxygens (including phenoxy) is 1. The second kappa shape index (κ2) is 6.69. The molecule has 0 spiro atoms. The highest BCUT2D eigenvalue weighted by atomic mass is 32.1. The van der Waals surface area contributed by atoms with Crippen molar-refractivity contribution in [3.63, 3.8) is 0 Å². The fraction of sp³-hybridized carbons (Fsp3) is 0.615. The van der Waals surface area contributed by atoms with Gasteiger partial charge in [-0.15, -0.1) is 11.3 Å². The SMILES string of the molecule is CCOC(=O)c1nc(NCCNC(=O)C2CC2)sc1C. The molecule has 1 amide bonds. The molecule has 110 valence electrons. The van der Waals surface area contributed by atoms with Gasteiger partial charge in [-0.05, 0) is 26.7 Å². The van der Waals surface area contributed by atoms with Crippen molar-refractivity contribution in [2.24, 2.45) is 5.92 Å². The number of hydrogen-bond donors (Lipinski definition) is 2. The van der Waals surface area contributed by atoms with Crippen molar-refractivity contribution in [3.8, 4) is 0 Å². The molecule has 1 aliphatic rings. The van der Waals surface area contributed by atoms with E-state index in [1.165, 1.54) is 11.3 Å². The van der Waals surface area contributed by atoms with Crippen LogP contribution in [0.1, 0.15) is 35.1 Å². The first-order valence-corrected chi connectivity index (χ1v) is 7.59. The monoisotopic (exact) mass is 297 g/mol. The predicted molar refractivity (Wildman–Crippen MR) is 77.0 cm³/mol. The molecular weight excluding hydrogens is 278 g/mol. The Morgan fingerprint density at radius 1 is 1.40 bits per heavy atom. The Morgan fingerprint density at radius 3 is 2.80 bits per heavy atom. The summed E-state index contributed by atoms with van der Waals surface area (Å²) in [7, 11) is 0. The average Bonchev–Trinajstić information content (AvgIpc) is 3.19. The lowest BCUT2D eigenvalue weighted by Gasteiger charge is -2.04. The van der Waals surface area contributed by atoms with Crippen molar-refractivity contribution in [2.75, 3.05) is 25.0 Å². The van der Waals surface area contributed by atoms with E-state index in [1.807, 2.05) is 6.92 Å². The maximum absolute atomic E-state index is 11.6. The van der Waals surface area contributed by atoms with E-state index in [9.17, 15) is 9.59 Å². The van der Waals surface area contributed by atoms with Crippen LogP contribution in [0.15, 0.2) is 0 Å². The minimum Gasteiger partial charge on any atom is -0.461 e. The van der Waals surface area contributed by atoms with Crippen molar-refractivity contribution < 1.29 is 14.3 Å². The fourth-order valence-corrected chi connectivity index (χ4v) is 2.53. The molecule has 6 nitrogen and oxygen atoms in total. The van der Waals surface area contributed by atoms with Gasteiger partial charge in [-0.25, -0.2) is 9.78 Å². The summed E-state index contributed by atoms with van der Waals surface area (Å²) in [5.74, 6) is -0.0295. The highest BCUT2D eigenvalue weighted by Crippen LogP contribution is 2.28. The Hall–Kier alpha value is -1.63. The lowest BCUT2D eigenvalue weighted by atomic mass is 10.4. The van der Waals surface area contributed by atoms with Crippen LogP contribution in [0.25, 0.3) is 0 Å². The molecule has 1 aromatic heterocycles. The van der Waals surface area contributed by atoms with Gasteiger partial charge in [0.05, 0.1) is 6.61 Å². The Balaban J connectivity index is 1.76. The molecule has 1 aromatic rings. The first-order chi connectivity index (χ1) is 9.61. The summed E-state index contributed by atoms with van der Waals surface area (Å²) < 4.78 is 4.93. The second-order valence-electron chi connectivity index (χ2n) is 4.64. The third-order valence-electron chi connectivity index (χ3n) is 2.91. The van der Waals surface area contributed by atoms with Crippen LogP contribution in [0.4, 0.5) is 5.13 Å². The van der Waals surface area contributed by atoms with Crippen molar-refractivity contribution >= 4 is 28.3 Å². The van der Waals surface area contributed by atoms with E-state index < -0.39 is 5.97 Å². The number of nitrogens with one attached hydrogen (secondary N) is 2. The molecule has 0 atom stereocenters. The van der Waals surface area contributed by atoms with E-state index in [4.69, 9.17) is 4.74 Å². The first-order valence-electron chi connectivity index (χ1n) is 6.78. The van der Waals surface area contributed by atoms with Gasteiger partial charge in [-0.2, -0.15) is 0 Å². The summed E-state index contributed by atoms with van der Waals surface area (Å²) in [4.78, 5) is 28.1. The van der Waals surface area contributed by atoms with E-state index in [0.717, 1.165) is 17.7 Å². The number of nitrogens with zero attached hydrogens (tertiary/aromatic N) is 1. The van der Waals surface area contributed by atoms with Gasteiger partial charge < -0.3 is 15.4 Å². The number of carbonyl (C=O) groups is 2. The van der Waals surface area contributed by atoms with E-state index >= 15 is 0 Å². The van der Waals surface area contributed by atoms with Crippen LogP contribution in [0.3, 0.4) is 0 Å². The molecule has 0 aromatic carbocycles. The molecule has 1 heterocycles. The zero-order chi connectivity index (χ0) is 14.5. The summed E-state index contributed by atoms with van der Waals surface area (Å²) in [6.45, 7) is 5.09. The number of aryl methyl sites for hydroxylation is 1. The number of esters is 1. The largest absolute Gasteiger partial charge is 0.461 e. The molecular formula is C13H19N3O3S. The average molecular weight is 297 g/mol. The van der Waals surface area contributed by atoms with Gasteiger partial charge in [0.25, 0.3) is 0 Å². The van der Waals surface area contributed by atoms with Crippen molar-refractivity contribution in [3.05, 3.63) is 10.6 Å². The number of carbonyl (C=O) groups excluding carboxylic acids is 2. The van der Waals surface area contributed by atoms with Crippen LogP contribution in [-0.4, -0.2) is 36.6 Å². The standard InChI is InChI=1S/C13H19N3O3S/c1-3-19-12(18)10-8(2)20-13(16-10)15-7-6-14-11(17)9-4-5-9/h9H,3-7H2,1-2H3,(H,14,17)(H,15,16). The summed E-state index contributed by atoms with van der Waals surface area (Å²) in [6, 6.07) is 0. The third-order valence-corrected chi connectivity index (χ3v) is 3.84. The van der Waals surface area contributed by atoms with Crippen molar-refractivity contribution in [1.82, 2.24) is 10.3 Å². The van der Waals surface area contributed by atoms with Gasteiger partial charge in [-0.3, -0.25) is 4.79 Å². The van der Waals surface area contributed by atoms with Gasteiger partial charge in [0.15, 0.2) is 10.8 Å². The van der Waals surface area contributed by atoms with Crippen LogP contribution < -0.4 is 10.6 Å². The lowest BCUT2D eigenvalue weighted by Crippen LogP contribution is -2.29. The molecule has 1 saturated carbocycles. The molecule has 0 radical (unpaired) electrons. The zero-order valence-corrected chi connectivity index (χ0v) is 12.5. The molecule has 1 fully saturated rings. The molecule has 0 unspecified atom stereocenters. The first kappa shape index (κ1) is 14.8. The molecule has 0 aliphatic heterocycles. The van der Waals surface area contributed by atoms with Crippen LogP contribution in [-0.2, 0) is 9.53 Å². The summed E-state index contributed by atoms with van der Waals surface area (Å²) in [5.41, 5.74) is 0.362. The van der Waals surface area contributed by atoms with Gasteiger partial charge in [0.2, 0.25) is 5.91 Å².